The molecule has 0 bridgehead atoms. The minimum absolute atomic E-state index is 0.0991. The van der Waals surface area contributed by atoms with Crippen LogP contribution in [0, 0.1) is 5.92 Å². The number of amides is 1. The number of thiazole rings is 1. The fraction of sp³-hybridized carbons (Fsp3) is 0.476. The van der Waals surface area contributed by atoms with Crippen LogP contribution in [0.25, 0.3) is 11.4 Å². The molecule has 3 aromatic rings. The summed E-state index contributed by atoms with van der Waals surface area (Å²) in [6.45, 7) is 4.40. The van der Waals surface area contributed by atoms with Gasteiger partial charge < -0.3 is 14.6 Å². The van der Waals surface area contributed by atoms with Crippen molar-refractivity contribution in [3.63, 3.8) is 0 Å². The third-order valence-electron chi connectivity index (χ3n) is 5.24. The number of hydrogen-bond acceptors (Lipinski definition) is 9. The van der Waals surface area contributed by atoms with Gasteiger partial charge in [-0.05, 0) is 37.7 Å². The van der Waals surface area contributed by atoms with Crippen molar-refractivity contribution in [1.29, 1.82) is 0 Å². The summed E-state index contributed by atoms with van der Waals surface area (Å²) < 4.78 is 6.88. The second kappa shape index (κ2) is 10.1. The second-order valence-electron chi connectivity index (χ2n) is 7.73. The third-order valence-corrected chi connectivity index (χ3v) is 8.12. The van der Waals surface area contributed by atoms with Crippen molar-refractivity contribution in [1.82, 2.24) is 19.7 Å². The normalized spacial score (nSPS) is 15.4. The number of nitrogens with zero attached hydrogens (tertiary/aromatic N) is 4. The molecule has 0 aliphatic heterocycles. The molecule has 1 aliphatic carbocycles. The Morgan fingerprint density at radius 3 is 2.97 bits per heavy atom. The van der Waals surface area contributed by atoms with Crippen molar-refractivity contribution >= 4 is 51.4 Å². The van der Waals surface area contributed by atoms with Crippen LogP contribution in [0.1, 0.15) is 36.4 Å². The highest BCUT2D eigenvalue weighted by atomic mass is 32.2. The average molecular weight is 492 g/mol. The van der Waals surface area contributed by atoms with Gasteiger partial charge in [-0.3, -0.25) is 9.59 Å². The number of hydrogen-bond donors (Lipinski definition) is 1. The first kappa shape index (κ1) is 22.9. The van der Waals surface area contributed by atoms with Gasteiger partial charge in [-0.25, -0.2) is 4.98 Å². The molecule has 11 heteroatoms. The van der Waals surface area contributed by atoms with Crippen LogP contribution < -0.4 is 5.32 Å². The minimum atomic E-state index is -0.328. The van der Waals surface area contributed by atoms with Gasteiger partial charge >= 0.3 is 5.97 Å². The number of carbonyl (C=O) groups is 2. The number of fused-ring (bicyclic) bond motifs is 1. The molecule has 1 aliphatic rings. The van der Waals surface area contributed by atoms with Crippen LogP contribution in [0.2, 0.25) is 0 Å². The zero-order valence-electron chi connectivity index (χ0n) is 18.2. The lowest BCUT2D eigenvalue weighted by atomic mass is 9.88. The van der Waals surface area contributed by atoms with E-state index in [0.717, 1.165) is 24.6 Å². The molecule has 0 spiro atoms. The van der Waals surface area contributed by atoms with E-state index in [4.69, 9.17) is 4.74 Å². The molecular formula is C21H25N5O3S3. The molecule has 3 aromatic heterocycles. The lowest BCUT2D eigenvalue weighted by molar-refractivity contribution is -0.142. The third kappa shape index (κ3) is 5.21. The summed E-state index contributed by atoms with van der Waals surface area (Å²) in [4.78, 5) is 29.7. The molecular weight excluding hydrogens is 466 g/mol. The van der Waals surface area contributed by atoms with Crippen LogP contribution in [0.15, 0.2) is 15.9 Å². The molecule has 3 heterocycles. The Labute approximate surface area is 198 Å². The summed E-state index contributed by atoms with van der Waals surface area (Å²) in [5.74, 6) is 1.27. The van der Waals surface area contributed by atoms with Crippen LogP contribution in [0.3, 0.4) is 0 Å². The smallest absolute Gasteiger partial charge is 0.311 e. The largest absolute Gasteiger partial charge is 0.466 e. The molecule has 0 radical (unpaired) electrons. The maximum absolute atomic E-state index is 12.4. The maximum atomic E-state index is 12.4. The van der Waals surface area contributed by atoms with Crippen LogP contribution in [0.4, 0.5) is 5.13 Å². The van der Waals surface area contributed by atoms with Gasteiger partial charge in [-0.1, -0.05) is 18.7 Å². The highest BCUT2D eigenvalue weighted by Crippen LogP contribution is 2.38. The van der Waals surface area contributed by atoms with Crippen molar-refractivity contribution in [2.24, 2.45) is 13.0 Å². The number of thiophene rings is 1. The van der Waals surface area contributed by atoms with Crippen molar-refractivity contribution < 1.29 is 14.3 Å². The average Bonchev–Trinajstić information content (AvgIpc) is 3.45. The first-order valence-corrected chi connectivity index (χ1v) is 13.2. The van der Waals surface area contributed by atoms with Crippen molar-refractivity contribution in [3.8, 4) is 11.4 Å². The zero-order chi connectivity index (χ0) is 22.7. The van der Waals surface area contributed by atoms with Crippen LogP contribution in [-0.2, 0) is 40.6 Å². The summed E-state index contributed by atoms with van der Waals surface area (Å²) in [7, 11) is 1.94. The van der Waals surface area contributed by atoms with E-state index in [1.54, 1.807) is 12.3 Å². The monoisotopic (exact) mass is 491 g/mol. The molecule has 1 amide bonds. The fourth-order valence-electron chi connectivity index (χ4n) is 3.63. The first-order valence-electron chi connectivity index (χ1n) is 10.5. The fourth-order valence-corrected chi connectivity index (χ4v) is 6.31. The number of thioether (sulfide) groups is 1. The number of ether oxygens (including phenoxy) is 1. The molecule has 0 fully saturated rings. The van der Waals surface area contributed by atoms with E-state index in [0.29, 0.717) is 22.6 Å². The van der Waals surface area contributed by atoms with Gasteiger partial charge in [0.25, 0.3) is 0 Å². The van der Waals surface area contributed by atoms with Crippen LogP contribution in [0.5, 0.6) is 0 Å². The van der Waals surface area contributed by atoms with Gasteiger partial charge in [0.1, 0.15) is 0 Å². The first-order chi connectivity index (χ1) is 15.4. The Morgan fingerprint density at radius 1 is 1.31 bits per heavy atom. The minimum Gasteiger partial charge on any atom is -0.466 e. The van der Waals surface area contributed by atoms with Gasteiger partial charge in [0.15, 0.2) is 16.1 Å². The van der Waals surface area contributed by atoms with Gasteiger partial charge in [0, 0.05) is 28.2 Å². The lowest BCUT2D eigenvalue weighted by Gasteiger charge is -2.18. The van der Waals surface area contributed by atoms with E-state index < -0.39 is 0 Å². The summed E-state index contributed by atoms with van der Waals surface area (Å²) in [5, 5.41) is 16.6. The van der Waals surface area contributed by atoms with E-state index in [-0.39, 0.29) is 24.1 Å². The number of nitrogens with one attached hydrogen (secondary N) is 1. The Balaban J connectivity index is 1.34. The predicted molar refractivity (Wildman–Crippen MR) is 127 cm³/mol. The Kier molecular flexibility index (Phi) is 7.27. The lowest BCUT2D eigenvalue weighted by Crippen LogP contribution is -2.14. The van der Waals surface area contributed by atoms with Crippen molar-refractivity contribution in [2.75, 3.05) is 17.7 Å². The summed E-state index contributed by atoms with van der Waals surface area (Å²) >= 11 is 4.43. The SMILES string of the molecule is CCOC(=O)Cc1csc(NC(=O)CSc2nnc(-c3csc4c3CCC(C)C4)n2C)n1. The topological polar surface area (TPSA) is 99.0 Å². The summed E-state index contributed by atoms with van der Waals surface area (Å²) in [6.07, 6.45) is 3.52. The van der Waals surface area contributed by atoms with E-state index >= 15 is 0 Å². The zero-order valence-corrected chi connectivity index (χ0v) is 20.7. The van der Waals surface area contributed by atoms with Gasteiger partial charge in [0.2, 0.25) is 5.91 Å². The summed E-state index contributed by atoms with van der Waals surface area (Å²) in [5.41, 5.74) is 3.16. The molecule has 170 valence electrons. The van der Waals surface area contributed by atoms with Gasteiger partial charge in [-0.2, -0.15) is 0 Å². The van der Waals surface area contributed by atoms with Crippen LogP contribution >= 0.6 is 34.4 Å². The molecule has 0 saturated heterocycles. The standard InChI is InChI=1S/C21H25N5O3S3/c1-4-29-18(28)8-13-9-31-20(22-13)23-17(27)11-32-21-25-24-19(26(21)3)15-10-30-16-7-12(2)5-6-14(15)16/h9-10,12H,4-8,11H2,1-3H3,(H,22,23,27). The Bertz CT molecular complexity index is 1120. The number of anilines is 1. The van der Waals surface area contributed by atoms with Gasteiger partial charge in [-0.15, -0.1) is 32.9 Å². The Morgan fingerprint density at radius 2 is 2.16 bits per heavy atom. The van der Waals surface area contributed by atoms with Gasteiger partial charge in [0.05, 0.1) is 24.5 Å². The molecule has 8 nitrogen and oxygen atoms in total. The second-order valence-corrected chi connectivity index (χ2v) is 10.5. The van der Waals surface area contributed by atoms with E-state index in [9.17, 15) is 9.59 Å². The van der Waals surface area contributed by atoms with E-state index in [1.165, 1.54) is 45.5 Å². The molecule has 4 rings (SSSR count). The molecule has 1 atom stereocenters. The number of carbonyl (C=O) groups excluding carboxylic acids is 2. The molecule has 1 N–H and O–H groups in total. The van der Waals surface area contributed by atoms with E-state index in [2.05, 4.69) is 32.8 Å². The van der Waals surface area contributed by atoms with Crippen molar-refractivity contribution in [3.05, 3.63) is 26.9 Å². The molecule has 32 heavy (non-hydrogen) atoms. The number of aromatic nitrogens is 4. The number of esters is 1. The quantitative estimate of drug-likeness (QED) is 0.376. The molecule has 0 aromatic carbocycles. The van der Waals surface area contributed by atoms with Crippen LogP contribution in [-0.4, -0.2) is 44.0 Å². The highest BCUT2D eigenvalue weighted by Gasteiger charge is 2.24. The summed E-state index contributed by atoms with van der Waals surface area (Å²) in [6, 6.07) is 0. The Hall–Kier alpha value is -2.24. The number of rotatable bonds is 8. The highest BCUT2D eigenvalue weighted by molar-refractivity contribution is 7.99. The van der Waals surface area contributed by atoms with E-state index in [1.807, 2.05) is 23.0 Å². The predicted octanol–water partition coefficient (Wildman–Crippen LogP) is 3.96. The molecule has 1 unspecified atom stereocenters. The van der Waals surface area contributed by atoms with Crippen molar-refractivity contribution in [2.45, 2.75) is 44.7 Å². The molecule has 0 saturated carbocycles. The maximum Gasteiger partial charge on any atom is 0.311 e.